The molecule has 0 saturated carbocycles. The number of carboxylic acids is 1. The molecular weight excluding hydrogens is 351 g/mol. The minimum absolute atomic E-state index is 0.0665. The molecular formula is C20H19FN2O4. The normalized spacial score (nSPS) is 16.4. The van der Waals surface area contributed by atoms with Gasteiger partial charge in [0.05, 0.1) is 12.3 Å². The van der Waals surface area contributed by atoms with Gasteiger partial charge in [-0.2, -0.15) is 0 Å². The Balaban J connectivity index is 1.69. The monoisotopic (exact) mass is 370 g/mol. The molecule has 1 aliphatic rings. The largest absolute Gasteiger partial charge is 0.481 e. The smallest absolute Gasteiger partial charge is 0.307 e. The Kier molecular flexibility index (Phi) is 5.21. The Morgan fingerprint density at radius 3 is 2.74 bits per heavy atom. The highest BCUT2D eigenvalue weighted by atomic mass is 19.1. The van der Waals surface area contributed by atoms with Gasteiger partial charge in [0.2, 0.25) is 11.8 Å². The van der Waals surface area contributed by atoms with Gasteiger partial charge in [-0.25, -0.2) is 4.39 Å². The lowest BCUT2D eigenvalue weighted by atomic mass is 10.1. The van der Waals surface area contributed by atoms with Gasteiger partial charge in [-0.1, -0.05) is 12.1 Å². The van der Waals surface area contributed by atoms with Crippen LogP contribution < -0.4 is 10.2 Å². The van der Waals surface area contributed by atoms with Gasteiger partial charge in [0.25, 0.3) is 0 Å². The Labute approximate surface area is 155 Å². The number of carbonyl (C=O) groups excluding carboxylic acids is 2. The maximum atomic E-state index is 13.4. The first kappa shape index (κ1) is 18.6. The number of aliphatic carboxylic acids is 1. The van der Waals surface area contributed by atoms with Gasteiger partial charge >= 0.3 is 5.97 Å². The van der Waals surface area contributed by atoms with Gasteiger partial charge in [0, 0.05) is 24.3 Å². The van der Waals surface area contributed by atoms with Crippen molar-refractivity contribution >= 4 is 29.2 Å². The summed E-state index contributed by atoms with van der Waals surface area (Å²) in [4.78, 5) is 37.1. The molecule has 3 rings (SSSR count). The molecule has 0 bridgehead atoms. The molecule has 7 heteroatoms. The van der Waals surface area contributed by atoms with Crippen molar-refractivity contribution in [1.29, 1.82) is 0 Å². The molecule has 27 heavy (non-hydrogen) atoms. The summed E-state index contributed by atoms with van der Waals surface area (Å²) in [7, 11) is 0. The number of halogens is 1. The lowest BCUT2D eigenvalue weighted by Gasteiger charge is -2.17. The zero-order chi connectivity index (χ0) is 19.6. The molecule has 2 aromatic rings. The van der Waals surface area contributed by atoms with Crippen LogP contribution in [0.3, 0.4) is 0 Å². The lowest BCUT2D eigenvalue weighted by Crippen LogP contribution is -2.28. The van der Waals surface area contributed by atoms with Gasteiger partial charge < -0.3 is 15.3 Å². The van der Waals surface area contributed by atoms with Crippen molar-refractivity contribution in [3.63, 3.8) is 0 Å². The topological polar surface area (TPSA) is 86.7 Å². The predicted octanol–water partition coefficient (Wildman–Crippen LogP) is 2.75. The van der Waals surface area contributed by atoms with Crippen LogP contribution >= 0.6 is 0 Å². The predicted molar refractivity (Wildman–Crippen MR) is 98.0 cm³/mol. The zero-order valence-corrected chi connectivity index (χ0v) is 14.7. The van der Waals surface area contributed by atoms with Crippen molar-refractivity contribution in [2.24, 2.45) is 5.92 Å². The highest BCUT2D eigenvalue weighted by Crippen LogP contribution is 2.27. The van der Waals surface area contributed by atoms with Crippen LogP contribution in [0.15, 0.2) is 42.5 Å². The van der Waals surface area contributed by atoms with Crippen LogP contribution in [0.4, 0.5) is 15.8 Å². The Morgan fingerprint density at radius 2 is 2.04 bits per heavy atom. The van der Waals surface area contributed by atoms with Crippen molar-refractivity contribution in [2.75, 3.05) is 16.8 Å². The molecule has 1 unspecified atom stereocenters. The highest BCUT2D eigenvalue weighted by molar-refractivity contribution is 6.03. The number of carbonyl (C=O) groups is 3. The summed E-state index contributed by atoms with van der Waals surface area (Å²) in [5, 5.41) is 11.6. The van der Waals surface area contributed by atoms with E-state index in [1.807, 2.05) is 0 Å². The van der Waals surface area contributed by atoms with Crippen LogP contribution in [-0.2, 0) is 20.8 Å². The van der Waals surface area contributed by atoms with E-state index in [1.54, 1.807) is 37.3 Å². The fraction of sp³-hybridized carbons (Fsp3) is 0.250. The lowest BCUT2D eigenvalue weighted by molar-refractivity contribution is -0.136. The van der Waals surface area contributed by atoms with Crippen molar-refractivity contribution in [3.8, 4) is 0 Å². The van der Waals surface area contributed by atoms with Crippen LogP contribution in [0, 0.1) is 18.7 Å². The van der Waals surface area contributed by atoms with Gasteiger partial charge in [-0.05, 0) is 48.4 Å². The molecule has 0 radical (unpaired) electrons. The van der Waals surface area contributed by atoms with Crippen LogP contribution in [0.2, 0.25) is 0 Å². The highest BCUT2D eigenvalue weighted by Gasteiger charge is 2.35. The van der Waals surface area contributed by atoms with Crippen molar-refractivity contribution in [1.82, 2.24) is 0 Å². The number of hydrogen-bond donors (Lipinski definition) is 2. The molecule has 1 heterocycles. The first-order valence-electron chi connectivity index (χ1n) is 8.51. The van der Waals surface area contributed by atoms with E-state index in [0.717, 1.165) is 0 Å². The van der Waals surface area contributed by atoms with Crippen LogP contribution in [0.25, 0.3) is 0 Å². The number of benzene rings is 2. The van der Waals surface area contributed by atoms with E-state index in [4.69, 9.17) is 5.11 Å². The summed E-state index contributed by atoms with van der Waals surface area (Å²) in [6.07, 6.45) is -0.0691. The van der Waals surface area contributed by atoms with E-state index >= 15 is 0 Å². The standard InChI is InChI=1S/C20H19FN2O4/c1-12-7-16(5-6-17(12)21)23-11-14(10-18(23)24)20(27)22-15-4-2-3-13(8-15)9-19(25)26/h2-8,14H,9-11H2,1H3,(H,22,27)(H,25,26). The van der Waals surface area contributed by atoms with Crippen LogP contribution in [0.5, 0.6) is 0 Å². The molecule has 0 aromatic heterocycles. The molecule has 0 spiro atoms. The van der Waals surface area contributed by atoms with E-state index in [2.05, 4.69) is 5.32 Å². The summed E-state index contributed by atoms with van der Waals surface area (Å²) in [6, 6.07) is 11.0. The third-order valence-corrected chi connectivity index (χ3v) is 4.50. The summed E-state index contributed by atoms with van der Waals surface area (Å²) in [5.74, 6) is -2.34. The van der Waals surface area contributed by atoms with Gasteiger partial charge in [-0.3, -0.25) is 14.4 Å². The van der Waals surface area contributed by atoms with E-state index in [0.29, 0.717) is 22.5 Å². The number of amides is 2. The first-order valence-corrected chi connectivity index (χ1v) is 8.51. The van der Waals surface area contributed by atoms with Gasteiger partial charge in [-0.15, -0.1) is 0 Å². The van der Waals surface area contributed by atoms with E-state index in [-0.39, 0.29) is 37.0 Å². The molecule has 1 fully saturated rings. The van der Waals surface area contributed by atoms with Gasteiger partial charge in [0.15, 0.2) is 0 Å². The van der Waals surface area contributed by atoms with Crippen LogP contribution in [0.1, 0.15) is 17.5 Å². The quantitative estimate of drug-likeness (QED) is 0.847. The molecule has 0 aliphatic carbocycles. The van der Waals surface area contributed by atoms with Gasteiger partial charge in [0.1, 0.15) is 5.82 Å². The fourth-order valence-corrected chi connectivity index (χ4v) is 3.11. The second-order valence-corrected chi connectivity index (χ2v) is 6.60. The number of carboxylic acid groups (broad SMARTS) is 1. The zero-order valence-electron chi connectivity index (χ0n) is 14.7. The average Bonchev–Trinajstić information content (AvgIpc) is 2.99. The number of anilines is 2. The number of aryl methyl sites for hydroxylation is 1. The van der Waals surface area contributed by atoms with E-state index in [1.165, 1.54) is 17.0 Å². The molecule has 6 nitrogen and oxygen atoms in total. The molecule has 2 N–H and O–H groups in total. The molecule has 1 atom stereocenters. The third-order valence-electron chi connectivity index (χ3n) is 4.50. The Bertz CT molecular complexity index is 913. The summed E-state index contributed by atoms with van der Waals surface area (Å²) >= 11 is 0. The molecule has 2 aromatic carbocycles. The molecule has 140 valence electrons. The number of hydrogen-bond acceptors (Lipinski definition) is 3. The summed E-state index contributed by atoms with van der Waals surface area (Å²) < 4.78 is 13.4. The van der Waals surface area contributed by atoms with E-state index < -0.39 is 11.9 Å². The van der Waals surface area contributed by atoms with Crippen molar-refractivity contribution in [3.05, 3.63) is 59.4 Å². The second-order valence-electron chi connectivity index (χ2n) is 6.60. The summed E-state index contributed by atoms with van der Waals surface area (Å²) in [6.45, 7) is 1.83. The maximum Gasteiger partial charge on any atom is 0.307 e. The SMILES string of the molecule is Cc1cc(N2CC(C(=O)Nc3cccc(CC(=O)O)c3)CC2=O)ccc1F. The third kappa shape index (κ3) is 4.31. The molecule has 1 aliphatic heterocycles. The Hall–Kier alpha value is -3.22. The average molecular weight is 370 g/mol. The first-order chi connectivity index (χ1) is 12.8. The second kappa shape index (κ2) is 7.57. The van der Waals surface area contributed by atoms with Crippen molar-refractivity contribution < 1.29 is 23.9 Å². The van der Waals surface area contributed by atoms with Crippen LogP contribution in [-0.4, -0.2) is 29.4 Å². The molecule has 2 amide bonds. The van der Waals surface area contributed by atoms with Crippen molar-refractivity contribution in [2.45, 2.75) is 19.8 Å². The Morgan fingerprint density at radius 1 is 1.26 bits per heavy atom. The van der Waals surface area contributed by atoms with E-state index in [9.17, 15) is 18.8 Å². The molecule has 1 saturated heterocycles. The number of nitrogens with zero attached hydrogens (tertiary/aromatic N) is 1. The number of rotatable bonds is 5. The number of nitrogens with one attached hydrogen (secondary N) is 1. The minimum Gasteiger partial charge on any atom is -0.481 e. The fourth-order valence-electron chi connectivity index (χ4n) is 3.11. The minimum atomic E-state index is -0.954. The summed E-state index contributed by atoms with van der Waals surface area (Å²) in [5.41, 5.74) is 2.06. The maximum absolute atomic E-state index is 13.4.